The van der Waals surface area contributed by atoms with E-state index in [0.29, 0.717) is 5.56 Å². The minimum Gasteiger partial charge on any atom is -0.358 e. The number of fused-ring (bicyclic) bond motifs is 3. The molecule has 0 aliphatic heterocycles. The summed E-state index contributed by atoms with van der Waals surface area (Å²) < 4.78 is 13.7. The molecule has 1 aliphatic carbocycles. The topological polar surface area (TPSA) is 44.9 Å². The number of amides is 1. The Morgan fingerprint density at radius 1 is 1.09 bits per heavy atom. The summed E-state index contributed by atoms with van der Waals surface area (Å²) in [4.78, 5) is 15.9. The summed E-state index contributed by atoms with van der Waals surface area (Å²) in [6, 6.07) is 11.8. The summed E-state index contributed by atoms with van der Waals surface area (Å²) in [6.45, 7) is 0. The largest absolute Gasteiger partial charge is 0.358 e. The van der Waals surface area contributed by atoms with Gasteiger partial charge in [-0.15, -0.1) is 0 Å². The second-order valence-electron chi connectivity index (χ2n) is 5.98. The maximum atomic E-state index is 13.7. The van der Waals surface area contributed by atoms with Crippen LogP contribution < -0.4 is 5.32 Å². The Morgan fingerprint density at radius 3 is 2.78 bits per heavy atom. The number of hydrogen-bond acceptors (Lipinski definition) is 1. The number of halogens is 1. The fourth-order valence-corrected chi connectivity index (χ4v) is 3.30. The Morgan fingerprint density at radius 2 is 1.91 bits per heavy atom. The lowest BCUT2D eigenvalue weighted by Crippen LogP contribution is -2.12. The number of para-hydroxylation sites is 1. The summed E-state index contributed by atoms with van der Waals surface area (Å²) in [5.74, 6) is -0.719. The van der Waals surface area contributed by atoms with Gasteiger partial charge in [-0.05, 0) is 61.6 Å². The van der Waals surface area contributed by atoms with Gasteiger partial charge in [0.15, 0.2) is 0 Å². The predicted molar refractivity (Wildman–Crippen MR) is 89.3 cm³/mol. The van der Waals surface area contributed by atoms with Crippen molar-refractivity contribution in [3.63, 3.8) is 0 Å². The highest BCUT2D eigenvalue weighted by Crippen LogP contribution is 2.30. The maximum absolute atomic E-state index is 13.7. The van der Waals surface area contributed by atoms with E-state index in [9.17, 15) is 9.18 Å². The van der Waals surface area contributed by atoms with Gasteiger partial charge in [-0.25, -0.2) is 4.39 Å². The number of rotatable bonds is 2. The van der Waals surface area contributed by atoms with E-state index in [1.165, 1.54) is 30.2 Å². The van der Waals surface area contributed by atoms with E-state index in [0.717, 1.165) is 23.7 Å². The molecule has 3 nitrogen and oxygen atoms in total. The molecule has 0 radical (unpaired) electrons. The first-order chi connectivity index (χ1) is 11.2. The van der Waals surface area contributed by atoms with E-state index >= 15 is 0 Å². The highest BCUT2D eigenvalue weighted by Gasteiger charge is 2.17. The van der Waals surface area contributed by atoms with E-state index in [2.05, 4.69) is 10.3 Å². The first kappa shape index (κ1) is 14.0. The Balaban J connectivity index is 1.68. The molecule has 1 heterocycles. The molecule has 2 N–H and O–H groups in total. The molecule has 0 bridgehead atoms. The number of carbonyl (C=O) groups is 1. The first-order valence-electron chi connectivity index (χ1n) is 7.92. The van der Waals surface area contributed by atoms with Gasteiger partial charge in [0.05, 0.1) is 5.69 Å². The lowest BCUT2D eigenvalue weighted by Gasteiger charge is -2.10. The van der Waals surface area contributed by atoms with Crippen molar-refractivity contribution in [1.29, 1.82) is 0 Å². The SMILES string of the molecule is O=C(Nc1ccccc1F)c1ccc2[nH]c3c(c2c1)CCCC3. The zero-order chi connectivity index (χ0) is 15.8. The average Bonchev–Trinajstić information content (AvgIpc) is 2.94. The minimum atomic E-state index is -0.430. The Bertz CT molecular complexity index is 898. The van der Waals surface area contributed by atoms with Crippen molar-refractivity contribution in [3.05, 3.63) is 65.1 Å². The van der Waals surface area contributed by atoms with Gasteiger partial charge in [-0.1, -0.05) is 12.1 Å². The van der Waals surface area contributed by atoms with Crippen LogP contribution >= 0.6 is 0 Å². The summed E-state index contributed by atoms with van der Waals surface area (Å²) in [5.41, 5.74) is 4.44. The molecule has 116 valence electrons. The summed E-state index contributed by atoms with van der Waals surface area (Å²) in [5, 5.41) is 3.75. The predicted octanol–water partition coefficient (Wildman–Crippen LogP) is 4.44. The van der Waals surface area contributed by atoms with Gasteiger partial charge in [0, 0.05) is 22.2 Å². The van der Waals surface area contributed by atoms with Gasteiger partial charge in [-0.3, -0.25) is 4.79 Å². The molecule has 0 atom stereocenters. The third-order valence-corrected chi connectivity index (χ3v) is 4.48. The molecule has 4 heteroatoms. The quantitative estimate of drug-likeness (QED) is 0.722. The molecule has 23 heavy (non-hydrogen) atoms. The molecule has 2 aromatic carbocycles. The van der Waals surface area contributed by atoms with Gasteiger partial charge in [0.1, 0.15) is 5.82 Å². The van der Waals surface area contributed by atoms with Crippen molar-refractivity contribution in [1.82, 2.24) is 4.98 Å². The first-order valence-corrected chi connectivity index (χ1v) is 7.92. The second-order valence-corrected chi connectivity index (χ2v) is 5.98. The van der Waals surface area contributed by atoms with Crippen molar-refractivity contribution in [2.75, 3.05) is 5.32 Å². The highest BCUT2D eigenvalue weighted by molar-refractivity contribution is 6.06. The molecule has 0 unspecified atom stereocenters. The third kappa shape index (κ3) is 2.50. The lowest BCUT2D eigenvalue weighted by atomic mass is 9.95. The highest BCUT2D eigenvalue weighted by atomic mass is 19.1. The third-order valence-electron chi connectivity index (χ3n) is 4.48. The summed E-state index contributed by atoms with van der Waals surface area (Å²) >= 11 is 0. The molecule has 1 aromatic heterocycles. The molecule has 1 aliphatic rings. The lowest BCUT2D eigenvalue weighted by molar-refractivity contribution is 0.102. The van der Waals surface area contributed by atoms with Gasteiger partial charge < -0.3 is 10.3 Å². The molecule has 0 saturated heterocycles. The smallest absolute Gasteiger partial charge is 0.255 e. The van der Waals surface area contributed by atoms with Crippen LogP contribution in [0.1, 0.15) is 34.5 Å². The van der Waals surface area contributed by atoms with Crippen molar-refractivity contribution in [3.8, 4) is 0 Å². The van der Waals surface area contributed by atoms with E-state index in [-0.39, 0.29) is 11.6 Å². The molecule has 1 amide bonds. The Hall–Kier alpha value is -2.62. The van der Waals surface area contributed by atoms with E-state index in [1.807, 2.05) is 12.1 Å². The van der Waals surface area contributed by atoms with Crippen LogP contribution in [-0.2, 0) is 12.8 Å². The fourth-order valence-electron chi connectivity index (χ4n) is 3.30. The number of H-pyrrole nitrogens is 1. The van der Waals surface area contributed by atoms with E-state index < -0.39 is 5.82 Å². The van der Waals surface area contributed by atoms with Crippen molar-refractivity contribution in [2.45, 2.75) is 25.7 Å². The fraction of sp³-hybridized carbons (Fsp3) is 0.211. The number of carbonyl (C=O) groups excluding carboxylic acids is 1. The van der Waals surface area contributed by atoms with Gasteiger partial charge in [-0.2, -0.15) is 0 Å². The molecule has 0 fully saturated rings. The minimum absolute atomic E-state index is 0.202. The van der Waals surface area contributed by atoms with Crippen LogP contribution in [0.25, 0.3) is 10.9 Å². The van der Waals surface area contributed by atoms with Crippen LogP contribution in [0.15, 0.2) is 42.5 Å². The molecule has 4 rings (SSSR count). The second kappa shape index (κ2) is 5.54. The van der Waals surface area contributed by atoms with Crippen LogP contribution in [0.2, 0.25) is 0 Å². The maximum Gasteiger partial charge on any atom is 0.255 e. The van der Waals surface area contributed by atoms with Crippen molar-refractivity contribution in [2.24, 2.45) is 0 Å². The number of nitrogens with one attached hydrogen (secondary N) is 2. The van der Waals surface area contributed by atoms with Gasteiger partial charge >= 0.3 is 0 Å². The van der Waals surface area contributed by atoms with Gasteiger partial charge in [0.25, 0.3) is 5.91 Å². The average molecular weight is 308 g/mol. The molecular weight excluding hydrogens is 291 g/mol. The van der Waals surface area contributed by atoms with E-state index in [1.54, 1.807) is 24.3 Å². The number of aromatic amines is 1. The normalized spacial score (nSPS) is 13.8. The summed E-state index contributed by atoms with van der Waals surface area (Å²) in [7, 11) is 0. The van der Waals surface area contributed by atoms with Crippen LogP contribution in [0, 0.1) is 5.82 Å². The standard InChI is InChI=1S/C19H17FN2O/c20-15-6-2-4-8-18(15)22-19(23)12-9-10-17-14(11-12)13-5-1-3-7-16(13)21-17/h2,4,6,8-11,21H,1,3,5,7H2,(H,22,23). The zero-order valence-corrected chi connectivity index (χ0v) is 12.7. The number of hydrogen-bond donors (Lipinski definition) is 2. The monoisotopic (exact) mass is 308 g/mol. The molecule has 0 spiro atoms. The molecule has 3 aromatic rings. The van der Waals surface area contributed by atoms with E-state index in [4.69, 9.17) is 0 Å². The number of aryl methyl sites for hydroxylation is 2. The van der Waals surface area contributed by atoms with Crippen LogP contribution in [0.4, 0.5) is 10.1 Å². The number of benzene rings is 2. The van der Waals surface area contributed by atoms with Crippen LogP contribution in [0.5, 0.6) is 0 Å². The van der Waals surface area contributed by atoms with Crippen LogP contribution in [-0.4, -0.2) is 10.9 Å². The van der Waals surface area contributed by atoms with Gasteiger partial charge in [0.2, 0.25) is 0 Å². The number of anilines is 1. The van der Waals surface area contributed by atoms with Crippen LogP contribution in [0.3, 0.4) is 0 Å². The van der Waals surface area contributed by atoms with Crippen molar-refractivity contribution >= 4 is 22.5 Å². The summed E-state index contributed by atoms with van der Waals surface area (Å²) in [6.07, 6.45) is 4.51. The zero-order valence-electron chi connectivity index (χ0n) is 12.7. The Labute approximate surface area is 133 Å². The molecule has 0 saturated carbocycles. The Kier molecular flexibility index (Phi) is 3.37. The molecular formula is C19H17FN2O. The number of aromatic nitrogens is 1. The van der Waals surface area contributed by atoms with Crippen molar-refractivity contribution < 1.29 is 9.18 Å².